The summed E-state index contributed by atoms with van der Waals surface area (Å²) in [5, 5.41) is 1.21. The first kappa shape index (κ1) is 15.5. The quantitative estimate of drug-likeness (QED) is 0.646. The van der Waals surface area contributed by atoms with Crippen molar-refractivity contribution in [2.45, 2.75) is 18.9 Å². The molecule has 1 amide bonds. The third-order valence-electron chi connectivity index (χ3n) is 4.84. The van der Waals surface area contributed by atoms with Crippen LogP contribution in [-0.2, 0) is 11.8 Å². The van der Waals surface area contributed by atoms with Gasteiger partial charge in [-0.1, -0.05) is 52.3 Å². The van der Waals surface area contributed by atoms with Crippen LogP contribution in [0.15, 0.2) is 59.2 Å². The SMILES string of the molecule is Cn1cc(C(c2ccccc2Br)N2CCCC2=O)c2ccccc21. The summed E-state index contributed by atoms with van der Waals surface area (Å²) < 4.78 is 3.19. The maximum Gasteiger partial charge on any atom is 0.223 e. The van der Waals surface area contributed by atoms with Gasteiger partial charge in [-0.2, -0.15) is 0 Å². The smallest absolute Gasteiger partial charge is 0.223 e. The zero-order valence-electron chi connectivity index (χ0n) is 13.6. The number of halogens is 1. The van der Waals surface area contributed by atoms with Crippen LogP contribution in [0.25, 0.3) is 10.9 Å². The average molecular weight is 383 g/mol. The fourth-order valence-electron chi connectivity index (χ4n) is 3.73. The fraction of sp³-hybridized carbons (Fsp3) is 0.250. The summed E-state index contributed by atoms with van der Waals surface area (Å²) in [5.41, 5.74) is 3.52. The van der Waals surface area contributed by atoms with Gasteiger partial charge in [-0.05, 0) is 24.1 Å². The Kier molecular flexibility index (Phi) is 3.93. The number of aromatic nitrogens is 1. The maximum atomic E-state index is 12.5. The molecule has 1 aliphatic rings. The summed E-state index contributed by atoms with van der Waals surface area (Å²) in [5.74, 6) is 0.240. The van der Waals surface area contributed by atoms with Gasteiger partial charge in [0.2, 0.25) is 5.91 Å². The first-order valence-electron chi connectivity index (χ1n) is 8.24. The molecule has 24 heavy (non-hydrogen) atoms. The van der Waals surface area contributed by atoms with Crippen molar-refractivity contribution in [3.63, 3.8) is 0 Å². The van der Waals surface area contributed by atoms with E-state index >= 15 is 0 Å². The van der Waals surface area contributed by atoms with Crippen LogP contribution < -0.4 is 0 Å². The molecule has 1 saturated heterocycles. The molecule has 0 N–H and O–H groups in total. The Morgan fingerprint density at radius 1 is 1.04 bits per heavy atom. The molecule has 1 unspecified atom stereocenters. The predicted octanol–water partition coefficient (Wildman–Crippen LogP) is 4.65. The Labute approximate surface area is 150 Å². The topological polar surface area (TPSA) is 25.2 Å². The van der Waals surface area contributed by atoms with Gasteiger partial charge in [-0.15, -0.1) is 0 Å². The lowest BCUT2D eigenvalue weighted by Crippen LogP contribution is -2.30. The Balaban J connectivity index is 1.95. The molecule has 1 aliphatic heterocycles. The first-order valence-corrected chi connectivity index (χ1v) is 9.04. The van der Waals surface area contributed by atoms with Crippen molar-refractivity contribution in [1.82, 2.24) is 9.47 Å². The van der Waals surface area contributed by atoms with Crippen LogP contribution in [0.4, 0.5) is 0 Å². The van der Waals surface area contributed by atoms with E-state index in [0.29, 0.717) is 6.42 Å². The van der Waals surface area contributed by atoms with E-state index in [1.807, 2.05) is 23.1 Å². The molecule has 2 aromatic carbocycles. The zero-order valence-corrected chi connectivity index (χ0v) is 15.2. The molecule has 1 aromatic heterocycles. The molecule has 2 heterocycles. The normalized spacial score (nSPS) is 16.1. The Bertz CT molecular complexity index is 915. The molecular formula is C20H19BrN2O. The van der Waals surface area contributed by atoms with Crippen molar-refractivity contribution in [2.75, 3.05) is 6.54 Å². The van der Waals surface area contributed by atoms with Gasteiger partial charge in [-0.3, -0.25) is 4.79 Å². The van der Waals surface area contributed by atoms with E-state index in [1.165, 1.54) is 16.5 Å². The van der Waals surface area contributed by atoms with Crippen molar-refractivity contribution in [2.24, 2.45) is 7.05 Å². The van der Waals surface area contributed by atoms with E-state index in [2.05, 4.69) is 64.1 Å². The predicted molar refractivity (Wildman–Crippen MR) is 99.9 cm³/mol. The monoisotopic (exact) mass is 382 g/mol. The number of hydrogen-bond acceptors (Lipinski definition) is 1. The van der Waals surface area contributed by atoms with Crippen LogP contribution in [0.2, 0.25) is 0 Å². The Morgan fingerprint density at radius 3 is 2.54 bits per heavy atom. The number of nitrogens with zero attached hydrogens (tertiary/aromatic N) is 2. The molecule has 0 saturated carbocycles. The lowest BCUT2D eigenvalue weighted by molar-refractivity contribution is -0.129. The number of carbonyl (C=O) groups excluding carboxylic acids is 1. The second-order valence-electron chi connectivity index (χ2n) is 6.33. The van der Waals surface area contributed by atoms with Crippen molar-refractivity contribution in [3.8, 4) is 0 Å². The van der Waals surface area contributed by atoms with Crippen molar-refractivity contribution >= 4 is 32.7 Å². The average Bonchev–Trinajstić information content (AvgIpc) is 3.15. The highest BCUT2D eigenvalue weighted by molar-refractivity contribution is 9.10. The van der Waals surface area contributed by atoms with Crippen molar-refractivity contribution in [3.05, 3.63) is 70.3 Å². The second kappa shape index (κ2) is 6.10. The van der Waals surface area contributed by atoms with E-state index < -0.39 is 0 Å². The number of aryl methyl sites for hydroxylation is 1. The highest BCUT2D eigenvalue weighted by Crippen LogP contribution is 2.39. The minimum atomic E-state index is -0.0540. The van der Waals surface area contributed by atoms with Gasteiger partial charge in [0.1, 0.15) is 0 Å². The van der Waals surface area contributed by atoms with E-state index in [-0.39, 0.29) is 11.9 Å². The first-order chi connectivity index (χ1) is 11.7. The number of hydrogen-bond donors (Lipinski definition) is 0. The number of para-hydroxylation sites is 1. The third kappa shape index (κ3) is 2.46. The van der Waals surface area contributed by atoms with Crippen LogP contribution in [0.3, 0.4) is 0 Å². The molecule has 3 aromatic rings. The maximum absolute atomic E-state index is 12.5. The number of fused-ring (bicyclic) bond motifs is 1. The number of rotatable bonds is 3. The summed E-state index contributed by atoms with van der Waals surface area (Å²) >= 11 is 3.69. The molecule has 1 fully saturated rings. The summed E-state index contributed by atoms with van der Waals surface area (Å²) in [6.07, 6.45) is 3.75. The van der Waals surface area contributed by atoms with Gasteiger partial charge < -0.3 is 9.47 Å². The fourth-order valence-corrected chi connectivity index (χ4v) is 4.23. The number of amides is 1. The molecule has 122 valence electrons. The molecular weight excluding hydrogens is 364 g/mol. The van der Waals surface area contributed by atoms with E-state index in [4.69, 9.17) is 0 Å². The van der Waals surface area contributed by atoms with Crippen molar-refractivity contribution in [1.29, 1.82) is 0 Å². The molecule has 3 nitrogen and oxygen atoms in total. The third-order valence-corrected chi connectivity index (χ3v) is 5.57. The number of benzene rings is 2. The van der Waals surface area contributed by atoms with Gasteiger partial charge in [0.25, 0.3) is 0 Å². The van der Waals surface area contributed by atoms with Gasteiger partial charge in [0.15, 0.2) is 0 Å². The second-order valence-corrected chi connectivity index (χ2v) is 7.18. The van der Waals surface area contributed by atoms with E-state index in [0.717, 1.165) is 23.0 Å². The summed E-state index contributed by atoms with van der Waals surface area (Å²) in [7, 11) is 2.06. The molecule has 1 atom stereocenters. The van der Waals surface area contributed by atoms with Gasteiger partial charge in [-0.25, -0.2) is 0 Å². The zero-order chi connectivity index (χ0) is 16.7. The van der Waals surface area contributed by atoms with Gasteiger partial charge in [0.05, 0.1) is 6.04 Å². The van der Waals surface area contributed by atoms with Crippen LogP contribution in [0.5, 0.6) is 0 Å². The Morgan fingerprint density at radius 2 is 1.79 bits per heavy atom. The van der Waals surface area contributed by atoms with Crippen LogP contribution in [0, 0.1) is 0 Å². The lowest BCUT2D eigenvalue weighted by Gasteiger charge is -2.29. The largest absolute Gasteiger partial charge is 0.350 e. The summed E-state index contributed by atoms with van der Waals surface area (Å²) in [6.45, 7) is 0.814. The molecule has 0 radical (unpaired) electrons. The molecule has 4 rings (SSSR count). The number of carbonyl (C=O) groups is 1. The molecule has 0 spiro atoms. The standard InChI is InChI=1S/C20H19BrN2O/c1-22-13-16(14-7-3-5-10-18(14)22)20(23-12-6-11-19(23)24)15-8-2-4-9-17(15)21/h2-5,7-10,13,20H,6,11-12H2,1H3. The highest BCUT2D eigenvalue weighted by Gasteiger charge is 2.33. The molecule has 0 aliphatic carbocycles. The van der Waals surface area contributed by atoms with Gasteiger partial charge in [0, 0.05) is 47.1 Å². The minimum absolute atomic E-state index is 0.0540. The van der Waals surface area contributed by atoms with Crippen LogP contribution in [-0.4, -0.2) is 21.9 Å². The van der Waals surface area contributed by atoms with Crippen LogP contribution >= 0.6 is 15.9 Å². The molecule has 0 bridgehead atoms. The van der Waals surface area contributed by atoms with Crippen LogP contribution in [0.1, 0.15) is 30.0 Å². The van der Waals surface area contributed by atoms with E-state index in [9.17, 15) is 4.79 Å². The van der Waals surface area contributed by atoms with Crippen molar-refractivity contribution < 1.29 is 4.79 Å². The lowest BCUT2D eigenvalue weighted by atomic mass is 9.97. The van der Waals surface area contributed by atoms with E-state index in [1.54, 1.807) is 0 Å². The minimum Gasteiger partial charge on any atom is -0.350 e. The summed E-state index contributed by atoms with van der Waals surface area (Å²) in [4.78, 5) is 14.6. The van der Waals surface area contributed by atoms with Gasteiger partial charge >= 0.3 is 0 Å². The Hall–Kier alpha value is -2.07. The molecule has 4 heteroatoms. The highest BCUT2D eigenvalue weighted by atomic mass is 79.9. The number of likely N-dealkylation sites (tertiary alicyclic amines) is 1. The summed E-state index contributed by atoms with van der Waals surface area (Å²) in [6, 6.07) is 16.6.